The lowest BCUT2D eigenvalue weighted by molar-refractivity contribution is -0.137. The van der Waals surface area contributed by atoms with E-state index in [-0.39, 0.29) is 0 Å². The highest BCUT2D eigenvalue weighted by atomic mass is 32.2. The second-order valence-electron chi connectivity index (χ2n) is 8.05. The molecule has 31 heavy (non-hydrogen) atoms. The summed E-state index contributed by atoms with van der Waals surface area (Å²) < 4.78 is 40.0. The monoisotopic (exact) mass is 463 g/mol. The maximum absolute atomic E-state index is 13.3. The molecule has 1 fully saturated rings. The summed E-state index contributed by atoms with van der Waals surface area (Å²) in [5, 5.41) is 1.63. The predicted octanol–water partition coefficient (Wildman–Crippen LogP) is 7.69. The summed E-state index contributed by atoms with van der Waals surface area (Å²) in [6.45, 7) is 2.29. The molecule has 1 aliphatic carbocycles. The molecular weight excluding hydrogens is 439 g/mol. The Morgan fingerprint density at radius 3 is 2.68 bits per heavy atom. The summed E-state index contributed by atoms with van der Waals surface area (Å²) in [4.78, 5) is 14.6. The number of hydrogen-bond acceptors (Lipinski definition) is 5. The van der Waals surface area contributed by atoms with Crippen molar-refractivity contribution in [3.8, 4) is 21.8 Å². The minimum absolute atomic E-state index is 0.343. The van der Waals surface area contributed by atoms with Crippen LogP contribution in [0.1, 0.15) is 55.5 Å². The first-order chi connectivity index (χ1) is 14.8. The number of hydrogen-bond donors (Lipinski definition) is 0. The van der Waals surface area contributed by atoms with Gasteiger partial charge in [-0.25, -0.2) is 15.0 Å². The van der Waals surface area contributed by atoms with Crippen molar-refractivity contribution in [3.05, 3.63) is 47.1 Å². The van der Waals surface area contributed by atoms with Gasteiger partial charge in [0.15, 0.2) is 5.16 Å². The van der Waals surface area contributed by atoms with E-state index in [1.165, 1.54) is 30.3 Å². The van der Waals surface area contributed by atoms with Gasteiger partial charge in [-0.15, -0.1) is 11.3 Å². The Kier molecular flexibility index (Phi) is 6.67. The topological polar surface area (TPSA) is 38.7 Å². The molecule has 2 atom stereocenters. The second kappa shape index (κ2) is 9.28. The molecule has 0 amide bonds. The van der Waals surface area contributed by atoms with Crippen molar-refractivity contribution in [3.63, 3.8) is 0 Å². The van der Waals surface area contributed by atoms with Crippen LogP contribution in [0.5, 0.6) is 0 Å². The van der Waals surface area contributed by atoms with Gasteiger partial charge in [-0.1, -0.05) is 50.1 Å². The molecule has 2 aromatic heterocycles. The van der Waals surface area contributed by atoms with E-state index in [2.05, 4.69) is 16.9 Å². The van der Waals surface area contributed by atoms with E-state index in [9.17, 15) is 13.2 Å². The Morgan fingerprint density at radius 1 is 1.06 bits per heavy atom. The minimum atomic E-state index is -4.40. The van der Waals surface area contributed by atoms with Crippen molar-refractivity contribution in [2.24, 2.45) is 5.92 Å². The summed E-state index contributed by atoms with van der Waals surface area (Å²) in [5.74, 6) is 1.05. The number of benzene rings is 1. The average molecular weight is 464 g/mol. The van der Waals surface area contributed by atoms with E-state index in [4.69, 9.17) is 4.98 Å². The number of nitrogens with zero attached hydrogens (tertiary/aromatic N) is 3. The van der Waals surface area contributed by atoms with E-state index < -0.39 is 11.7 Å². The van der Waals surface area contributed by atoms with Crippen LogP contribution in [0, 0.1) is 5.92 Å². The molecule has 3 aromatic rings. The molecule has 1 aromatic carbocycles. The Hall–Kier alpha value is -1.93. The molecule has 164 valence electrons. The Labute approximate surface area is 188 Å². The summed E-state index contributed by atoms with van der Waals surface area (Å²) in [6.07, 6.45) is 4.86. The lowest BCUT2D eigenvalue weighted by Gasteiger charge is -2.10. The first kappa shape index (κ1) is 22.3. The second-order valence-corrected chi connectivity index (χ2v) is 9.85. The molecule has 0 radical (unpaired) electrons. The van der Waals surface area contributed by atoms with Gasteiger partial charge in [0.05, 0.1) is 26.8 Å². The quantitative estimate of drug-likeness (QED) is 0.226. The zero-order chi connectivity index (χ0) is 22.0. The zero-order valence-electron chi connectivity index (χ0n) is 17.4. The number of thiazole rings is 1. The van der Waals surface area contributed by atoms with Crippen LogP contribution in [-0.2, 0) is 6.18 Å². The summed E-state index contributed by atoms with van der Waals surface area (Å²) in [5.41, 5.74) is 1.09. The van der Waals surface area contributed by atoms with E-state index in [1.807, 2.05) is 12.3 Å². The molecule has 0 spiro atoms. The zero-order valence-corrected chi connectivity index (χ0v) is 19.1. The first-order valence-corrected chi connectivity index (χ1v) is 12.4. The molecule has 8 heteroatoms. The van der Waals surface area contributed by atoms with Gasteiger partial charge in [0.2, 0.25) is 0 Å². The van der Waals surface area contributed by atoms with Gasteiger partial charge in [-0.05, 0) is 43.2 Å². The Morgan fingerprint density at radius 2 is 1.90 bits per heavy atom. The summed E-state index contributed by atoms with van der Waals surface area (Å²) >= 11 is 3.00. The molecule has 0 N–H and O–H groups in total. The van der Waals surface area contributed by atoms with Gasteiger partial charge >= 0.3 is 6.18 Å². The Balaban J connectivity index is 1.82. The fourth-order valence-corrected chi connectivity index (χ4v) is 5.61. The van der Waals surface area contributed by atoms with E-state index in [0.29, 0.717) is 33.9 Å². The van der Waals surface area contributed by atoms with E-state index in [1.54, 1.807) is 23.6 Å². The van der Waals surface area contributed by atoms with Gasteiger partial charge in [-0.2, -0.15) is 13.2 Å². The first-order valence-electron chi connectivity index (χ1n) is 10.4. The molecular formula is C23H24F3N3S2. The SMILES string of the molecule is CSc1nccc(-c2sc(C3CCCC(C)CC3)nc2-c2cccc(C(F)(F)F)c2)n1. The van der Waals surface area contributed by atoms with Crippen molar-refractivity contribution >= 4 is 23.1 Å². The molecule has 1 aliphatic rings. The predicted molar refractivity (Wildman–Crippen MR) is 120 cm³/mol. The van der Waals surface area contributed by atoms with Gasteiger partial charge < -0.3 is 0 Å². The highest BCUT2D eigenvalue weighted by molar-refractivity contribution is 7.98. The standard InChI is InChI=1S/C23H24F3N3S2/c1-14-5-3-6-15(10-9-14)21-29-19(16-7-4-8-17(13-16)23(24,25)26)20(31-21)18-11-12-27-22(28-18)30-2/h4,7-8,11-15H,3,5-6,9-10H2,1-2H3. The molecule has 0 bridgehead atoms. The van der Waals surface area contributed by atoms with Crippen molar-refractivity contribution in [1.82, 2.24) is 15.0 Å². The lowest BCUT2D eigenvalue weighted by Crippen LogP contribution is -2.04. The fourth-order valence-electron chi connectivity index (χ4n) is 4.02. The van der Waals surface area contributed by atoms with Gasteiger partial charge in [0.25, 0.3) is 0 Å². The lowest BCUT2D eigenvalue weighted by atomic mass is 9.99. The van der Waals surface area contributed by atoms with E-state index in [0.717, 1.165) is 41.6 Å². The fraction of sp³-hybridized carbons (Fsp3) is 0.435. The van der Waals surface area contributed by atoms with Gasteiger partial charge in [0, 0.05) is 17.7 Å². The normalized spacial score (nSPS) is 19.9. The van der Waals surface area contributed by atoms with Gasteiger partial charge in [0.1, 0.15) is 0 Å². The molecule has 0 aliphatic heterocycles. The van der Waals surface area contributed by atoms with Crippen LogP contribution >= 0.6 is 23.1 Å². The van der Waals surface area contributed by atoms with Crippen molar-refractivity contribution in [2.75, 3.05) is 6.26 Å². The average Bonchev–Trinajstić information content (AvgIpc) is 3.09. The van der Waals surface area contributed by atoms with Crippen molar-refractivity contribution in [2.45, 2.75) is 56.3 Å². The third kappa shape index (κ3) is 5.12. The van der Waals surface area contributed by atoms with Crippen LogP contribution in [0.3, 0.4) is 0 Å². The molecule has 1 saturated carbocycles. The highest BCUT2D eigenvalue weighted by Crippen LogP contribution is 2.43. The highest BCUT2D eigenvalue weighted by Gasteiger charge is 2.31. The van der Waals surface area contributed by atoms with Crippen molar-refractivity contribution < 1.29 is 13.2 Å². The molecule has 4 rings (SSSR count). The van der Waals surface area contributed by atoms with Crippen LogP contribution in [0.15, 0.2) is 41.7 Å². The molecule has 2 heterocycles. The summed E-state index contributed by atoms with van der Waals surface area (Å²) in [6, 6.07) is 7.24. The number of rotatable bonds is 4. The number of aromatic nitrogens is 3. The maximum atomic E-state index is 13.3. The van der Waals surface area contributed by atoms with E-state index >= 15 is 0 Å². The van der Waals surface area contributed by atoms with Crippen molar-refractivity contribution in [1.29, 1.82) is 0 Å². The van der Waals surface area contributed by atoms with Gasteiger partial charge in [-0.3, -0.25) is 0 Å². The molecule has 3 nitrogen and oxygen atoms in total. The smallest absolute Gasteiger partial charge is 0.240 e. The Bertz CT molecular complexity index is 1050. The van der Waals surface area contributed by atoms with Crippen LogP contribution in [0.25, 0.3) is 21.8 Å². The van der Waals surface area contributed by atoms with Crippen LogP contribution < -0.4 is 0 Å². The maximum Gasteiger partial charge on any atom is 0.416 e. The third-order valence-electron chi connectivity index (χ3n) is 5.76. The largest absolute Gasteiger partial charge is 0.416 e. The van der Waals surface area contributed by atoms with Crippen LogP contribution in [0.2, 0.25) is 0 Å². The van der Waals surface area contributed by atoms with Crippen LogP contribution in [-0.4, -0.2) is 21.2 Å². The summed E-state index contributed by atoms with van der Waals surface area (Å²) in [7, 11) is 0. The third-order valence-corrected chi connectivity index (χ3v) is 7.56. The molecule has 2 unspecified atom stereocenters. The molecule has 0 saturated heterocycles. The number of halogens is 3. The minimum Gasteiger partial charge on any atom is -0.240 e. The number of alkyl halides is 3. The van der Waals surface area contributed by atoms with Crippen LogP contribution in [0.4, 0.5) is 13.2 Å². The number of thioether (sulfide) groups is 1.